The quantitative estimate of drug-likeness (QED) is 0.763. The van der Waals surface area contributed by atoms with Crippen LogP contribution >= 0.6 is 11.8 Å². The summed E-state index contributed by atoms with van der Waals surface area (Å²) in [6.07, 6.45) is 6.53. The average Bonchev–Trinajstić information content (AvgIpc) is 3.17. The summed E-state index contributed by atoms with van der Waals surface area (Å²) in [6.45, 7) is 4.02. The van der Waals surface area contributed by atoms with E-state index in [9.17, 15) is 9.90 Å². The first-order chi connectivity index (χ1) is 10.1. The molecular weight excluding hydrogens is 280 g/mol. The maximum atomic E-state index is 11.6. The number of thioether (sulfide) groups is 1. The molecule has 1 aromatic carbocycles. The summed E-state index contributed by atoms with van der Waals surface area (Å²) in [7, 11) is 0. The van der Waals surface area contributed by atoms with Gasteiger partial charge in [-0.15, -0.1) is 11.8 Å². The van der Waals surface area contributed by atoms with E-state index in [1.807, 2.05) is 23.9 Å². The van der Waals surface area contributed by atoms with E-state index in [1.54, 1.807) is 0 Å². The van der Waals surface area contributed by atoms with Gasteiger partial charge >= 0.3 is 5.97 Å². The lowest BCUT2D eigenvalue weighted by molar-refractivity contribution is -0.139. The molecular formula is C18H22O2S. The second-order valence-electron chi connectivity index (χ2n) is 6.37. The van der Waals surface area contributed by atoms with Gasteiger partial charge in [-0.25, -0.2) is 0 Å². The van der Waals surface area contributed by atoms with E-state index in [0.717, 1.165) is 36.5 Å². The minimum absolute atomic E-state index is 0.374. The Labute approximate surface area is 130 Å². The van der Waals surface area contributed by atoms with Crippen LogP contribution in [0.25, 0.3) is 0 Å². The minimum Gasteiger partial charge on any atom is -0.481 e. The highest BCUT2D eigenvalue weighted by Crippen LogP contribution is 2.40. The molecule has 3 heteroatoms. The summed E-state index contributed by atoms with van der Waals surface area (Å²) >= 11 is 1.91. The highest BCUT2D eigenvalue weighted by molar-refractivity contribution is 8.00. The molecule has 112 valence electrons. The van der Waals surface area contributed by atoms with Crippen LogP contribution in [-0.2, 0) is 4.79 Å². The van der Waals surface area contributed by atoms with Gasteiger partial charge in [0.2, 0.25) is 0 Å². The zero-order valence-corrected chi connectivity index (χ0v) is 13.1. The molecule has 0 radical (unpaired) electrons. The molecule has 2 aliphatic carbocycles. The van der Waals surface area contributed by atoms with Crippen molar-refractivity contribution >= 4 is 17.7 Å². The van der Waals surface area contributed by atoms with E-state index >= 15 is 0 Å². The van der Waals surface area contributed by atoms with Gasteiger partial charge in [0.15, 0.2) is 0 Å². The van der Waals surface area contributed by atoms with Crippen LogP contribution in [0.2, 0.25) is 0 Å². The van der Waals surface area contributed by atoms with Crippen molar-refractivity contribution in [1.29, 1.82) is 0 Å². The average molecular weight is 302 g/mol. The Morgan fingerprint density at radius 2 is 2.00 bits per heavy atom. The predicted octanol–water partition coefficient (Wildman–Crippen LogP) is 4.86. The number of carbonyl (C=O) groups is 1. The van der Waals surface area contributed by atoms with E-state index in [4.69, 9.17) is 0 Å². The monoisotopic (exact) mass is 302 g/mol. The predicted molar refractivity (Wildman–Crippen MR) is 86.8 cm³/mol. The van der Waals surface area contributed by atoms with E-state index in [-0.39, 0.29) is 5.92 Å². The van der Waals surface area contributed by atoms with Crippen LogP contribution < -0.4 is 0 Å². The molecule has 0 aromatic heterocycles. The van der Waals surface area contributed by atoms with Gasteiger partial charge in [0.05, 0.1) is 5.92 Å². The molecule has 0 heterocycles. The van der Waals surface area contributed by atoms with E-state index in [2.05, 4.69) is 18.7 Å². The molecule has 2 fully saturated rings. The van der Waals surface area contributed by atoms with Gasteiger partial charge in [-0.05, 0) is 62.1 Å². The molecule has 2 unspecified atom stereocenters. The van der Waals surface area contributed by atoms with Crippen molar-refractivity contribution < 1.29 is 9.90 Å². The lowest BCUT2D eigenvalue weighted by Crippen LogP contribution is -2.15. The molecule has 0 spiro atoms. The maximum Gasteiger partial charge on any atom is 0.310 e. The van der Waals surface area contributed by atoms with Gasteiger partial charge in [0, 0.05) is 10.1 Å². The largest absolute Gasteiger partial charge is 0.481 e. The first-order valence-electron chi connectivity index (χ1n) is 7.78. The molecule has 2 saturated carbocycles. The normalized spacial score (nSPS) is 23.2. The number of allylic oxidation sites excluding steroid dienone is 1. The van der Waals surface area contributed by atoms with Crippen LogP contribution in [0.4, 0.5) is 0 Å². The molecule has 0 aliphatic heterocycles. The molecule has 1 aromatic rings. The van der Waals surface area contributed by atoms with Crippen LogP contribution in [0.5, 0.6) is 0 Å². The summed E-state index contributed by atoms with van der Waals surface area (Å²) in [6, 6.07) is 8.18. The Morgan fingerprint density at radius 1 is 1.29 bits per heavy atom. The van der Waals surface area contributed by atoms with Crippen molar-refractivity contribution in [1.82, 2.24) is 0 Å². The fourth-order valence-corrected chi connectivity index (χ4v) is 4.14. The van der Waals surface area contributed by atoms with E-state index in [0.29, 0.717) is 5.92 Å². The first kappa shape index (κ1) is 14.7. The second kappa shape index (κ2) is 6.27. The number of hydrogen-bond donors (Lipinski definition) is 1. The van der Waals surface area contributed by atoms with Crippen molar-refractivity contribution in [3.05, 3.63) is 42.0 Å². The van der Waals surface area contributed by atoms with Crippen LogP contribution in [0.15, 0.2) is 41.3 Å². The number of carboxylic acids is 1. The van der Waals surface area contributed by atoms with Crippen LogP contribution in [0, 0.1) is 5.92 Å². The number of rotatable bonds is 6. The maximum absolute atomic E-state index is 11.6. The summed E-state index contributed by atoms with van der Waals surface area (Å²) in [5, 5.41) is 10.3. The van der Waals surface area contributed by atoms with Gasteiger partial charge < -0.3 is 5.11 Å². The van der Waals surface area contributed by atoms with Gasteiger partial charge in [0.25, 0.3) is 0 Å². The SMILES string of the molecule is C=C1CCC(CC(C(=O)O)c2ccc(SC3CC3)cc2)C1. The first-order valence-corrected chi connectivity index (χ1v) is 8.66. The summed E-state index contributed by atoms with van der Waals surface area (Å²) in [5.74, 6) is -0.588. The summed E-state index contributed by atoms with van der Waals surface area (Å²) in [5.41, 5.74) is 2.22. The van der Waals surface area contributed by atoms with Gasteiger partial charge in [-0.1, -0.05) is 24.3 Å². The fraction of sp³-hybridized carbons (Fsp3) is 0.500. The molecule has 0 amide bonds. The number of hydrogen-bond acceptors (Lipinski definition) is 2. The molecule has 1 N–H and O–H groups in total. The lowest BCUT2D eigenvalue weighted by Gasteiger charge is -2.17. The molecule has 0 bridgehead atoms. The Balaban J connectivity index is 1.67. The topological polar surface area (TPSA) is 37.3 Å². The molecule has 2 aliphatic rings. The molecule has 2 atom stereocenters. The van der Waals surface area contributed by atoms with Crippen molar-refractivity contribution in [2.24, 2.45) is 5.92 Å². The van der Waals surface area contributed by atoms with E-state index < -0.39 is 5.97 Å². The smallest absolute Gasteiger partial charge is 0.310 e. The third-order valence-electron chi connectivity index (χ3n) is 4.46. The standard InChI is InChI=1S/C18H22O2S/c1-12-2-3-13(10-12)11-17(18(19)20)14-4-6-15(7-5-14)21-16-8-9-16/h4-7,13,16-17H,1-3,8-11H2,(H,19,20). The van der Waals surface area contributed by atoms with Crippen molar-refractivity contribution in [2.45, 2.75) is 54.6 Å². The highest BCUT2D eigenvalue weighted by Gasteiger charge is 2.28. The van der Waals surface area contributed by atoms with Gasteiger partial charge in [-0.3, -0.25) is 4.79 Å². The molecule has 0 saturated heterocycles. The third kappa shape index (κ3) is 3.91. The fourth-order valence-electron chi connectivity index (χ4n) is 3.09. The van der Waals surface area contributed by atoms with Crippen LogP contribution in [-0.4, -0.2) is 16.3 Å². The number of benzene rings is 1. The zero-order valence-electron chi connectivity index (χ0n) is 12.3. The summed E-state index contributed by atoms with van der Waals surface area (Å²) < 4.78 is 0. The Kier molecular flexibility index (Phi) is 4.39. The number of carboxylic acid groups (broad SMARTS) is 1. The zero-order chi connectivity index (χ0) is 14.8. The highest BCUT2D eigenvalue weighted by atomic mass is 32.2. The van der Waals surface area contributed by atoms with Gasteiger partial charge in [0.1, 0.15) is 0 Å². The second-order valence-corrected chi connectivity index (χ2v) is 7.75. The number of aliphatic carboxylic acids is 1. The molecule has 21 heavy (non-hydrogen) atoms. The van der Waals surface area contributed by atoms with Crippen molar-refractivity contribution in [3.63, 3.8) is 0 Å². The Morgan fingerprint density at radius 3 is 2.52 bits per heavy atom. The Bertz CT molecular complexity index is 531. The summed E-state index contributed by atoms with van der Waals surface area (Å²) in [4.78, 5) is 12.9. The molecule has 2 nitrogen and oxygen atoms in total. The Hall–Kier alpha value is -1.22. The van der Waals surface area contributed by atoms with Crippen molar-refractivity contribution in [3.8, 4) is 0 Å². The van der Waals surface area contributed by atoms with Crippen LogP contribution in [0.3, 0.4) is 0 Å². The lowest BCUT2D eigenvalue weighted by atomic mass is 9.88. The van der Waals surface area contributed by atoms with Gasteiger partial charge in [-0.2, -0.15) is 0 Å². The van der Waals surface area contributed by atoms with Crippen LogP contribution in [0.1, 0.15) is 50.0 Å². The third-order valence-corrected chi connectivity index (χ3v) is 5.81. The van der Waals surface area contributed by atoms with Crippen molar-refractivity contribution in [2.75, 3.05) is 0 Å². The minimum atomic E-state index is -0.699. The molecule has 3 rings (SSSR count). The van der Waals surface area contributed by atoms with E-state index in [1.165, 1.54) is 23.3 Å².